The third kappa shape index (κ3) is 2.71. The number of nitrogens with zero attached hydrogens (tertiary/aromatic N) is 1. The molecule has 0 aliphatic heterocycles. The molecule has 2 aromatic rings. The van der Waals surface area contributed by atoms with Gasteiger partial charge in [0.2, 0.25) is 0 Å². The van der Waals surface area contributed by atoms with Crippen molar-refractivity contribution in [3.05, 3.63) is 44.7 Å². The average molecular weight is 319 g/mol. The van der Waals surface area contributed by atoms with E-state index in [1.54, 1.807) is 0 Å². The standard InChI is InChI=1S/C13H13Cl2FN2S/c1-13(2,3)10-6-17-12(19)18(10)7-4-8(14)11(16)9(15)5-7/h4-6H,1-3H3,(H,17,19). The molecule has 0 aliphatic rings. The van der Waals surface area contributed by atoms with Crippen molar-refractivity contribution in [3.63, 3.8) is 0 Å². The van der Waals surface area contributed by atoms with Crippen molar-refractivity contribution in [2.45, 2.75) is 26.2 Å². The van der Waals surface area contributed by atoms with Gasteiger partial charge in [0.05, 0.1) is 15.7 Å². The molecule has 0 aliphatic carbocycles. The topological polar surface area (TPSA) is 20.7 Å². The number of H-pyrrole nitrogens is 1. The van der Waals surface area contributed by atoms with E-state index in [1.807, 2.05) is 10.8 Å². The van der Waals surface area contributed by atoms with E-state index in [4.69, 9.17) is 35.4 Å². The molecule has 0 fully saturated rings. The molecule has 19 heavy (non-hydrogen) atoms. The molecule has 2 nitrogen and oxygen atoms in total. The van der Waals surface area contributed by atoms with Gasteiger partial charge in [0.1, 0.15) is 0 Å². The lowest BCUT2D eigenvalue weighted by Crippen LogP contribution is -2.16. The van der Waals surface area contributed by atoms with E-state index in [0.29, 0.717) is 10.5 Å². The predicted octanol–water partition coefficient (Wildman–Crippen LogP) is 5.28. The fourth-order valence-corrected chi connectivity index (χ4v) is 2.59. The first-order valence-electron chi connectivity index (χ1n) is 5.67. The molecule has 6 heteroatoms. The Hall–Kier alpha value is -0.840. The van der Waals surface area contributed by atoms with Gasteiger partial charge in [0.15, 0.2) is 10.6 Å². The van der Waals surface area contributed by atoms with Gasteiger partial charge in [-0.05, 0) is 24.4 Å². The van der Waals surface area contributed by atoms with E-state index in [2.05, 4.69) is 25.8 Å². The molecule has 1 aromatic carbocycles. The lowest BCUT2D eigenvalue weighted by Gasteiger charge is -2.21. The van der Waals surface area contributed by atoms with E-state index >= 15 is 0 Å². The Labute approximate surface area is 126 Å². The van der Waals surface area contributed by atoms with Gasteiger partial charge in [-0.2, -0.15) is 0 Å². The Morgan fingerprint density at radius 3 is 2.21 bits per heavy atom. The van der Waals surface area contributed by atoms with Crippen LogP contribution in [0.25, 0.3) is 5.69 Å². The van der Waals surface area contributed by atoms with E-state index < -0.39 is 5.82 Å². The lowest BCUT2D eigenvalue weighted by atomic mass is 9.92. The maximum Gasteiger partial charge on any atom is 0.182 e. The van der Waals surface area contributed by atoms with Gasteiger partial charge < -0.3 is 4.98 Å². The fourth-order valence-electron chi connectivity index (χ4n) is 1.85. The minimum atomic E-state index is -0.619. The first-order valence-corrected chi connectivity index (χ1v) is 6.84. The summed E-state index contributed by atoms with van der Waals surface area (Å²) in [6.07, 6.45) is 1.84. The maximum atomic E-state index is 13.5. The molecule has 0 amide bonds. The molecule has 0 radical (unpaired) electrons. The van der Waals surface area contributed by atoms with E-state index in [-0.39, 0.29) is 15.5 Å². The number of nitrogens with one attached hydrogen (secondary N) is 1. The SMILES string of the molecule is CC(C)(C)c1c[nH]c(=S)n1-c1cc(Cl)c(F)c(Cl)c1. The molecule has 2 rings (SSSR count). The Morgan fingerprint density at radius 1 is 1.21 bits per heavy atom. The molecule has 1 N–H and O–H groups in total. The van der Waals surface area contributed by atoms with Gasteiger partial charge in [0.25, 0.3) is 0 Å². The van der Waals surface area contributed by atoms with Crippen LogP contribution in [-0.2, 0) is 5.41 Å². The average Bonchev–Trinajstić information content (AvgIpc) is 2.67. The molecule has 0 saturated carbocycles. The molecule has 1 heterocycles. The normalized spacial score (nSPS) is 11.9. The van der Waals surface area contributed by atoms with Crippen molar-refractivity contribution < 1.29 is 4.39 Å². The molecule has 0 atom stereocenters. The quantitative estimate of drug-likeness (QED) is 0.560. The summed E-state index contributed by atoms with van der Waals surface area (Å²) in [6, 6.07) is 3.03. The summed E-state index contributed by atoms with van der Waals surface area (Å²) in [6.45, 7) is 6.19. The van der Waals surface area contributed by atoms with Crippen LogP contribution in [0.3, 0.4) is 0 Å². The third-order valence-corrected chi connectivity index (χ3v) is 3.62. The van der Waals surface area contributed by atoms with Crippen molar-refractivity contribution in [1.29, 1.82) is 0 Å². The molecule has 0 spiro atoms. The number of rotatable bonds is 1. The second-order valence-electron chi connectivity index (χ2n) is 5.29. The smallest absolute Gasteiger partial charge is 0.182 e. The van der Waals surface area contributed by atoms with Crippen molar-refractivity contribution in [3.8, 4) is 5.69 Å². The zero-order chi connectivity index (χ0) is 14.4. The summed E-state index contributed by atoms with van der Waals surface area (Å²) >= 11 is 16.9. The minimum absolute atomic E-state index is 0.0227. The Balaban J connectivity index is 2.73. The zero-order valence-corrected chi connectivity index (χ0v) is 13.0. The van der Waals surface area contributed by atoms with Crippen LogP contribution >= 0.6 is 35.4 Å². The largest absolute Gasteiger partial charge is 0.337 e. The summed E-state index contributed by atoms with van der Waals surface area (Å²) in [5.41, 5.74) is 1.49. The first-order chi connectivity index (χ1) is 8.71. The van der Waals surface area contributed by atoms with Crippen LogP contribution in [-0.4, -0.2) is 9.55 Å². The highest BCUT2D eigenvalue weighted by atomic mass is 35.5. The second-order valence-corrected chi connectivity index (χ2v) is 6.49. The minimum Gasteiger partial charge on any atom is -0.337 e. The van der Waals surface area contributed by atoms with Gasteiger partial charge in [0, 0.05) is 17.3 Å². The van der Waals surface area contributed by atoms with Gasteiger partial charge in [-0.25, -0.2) is 4.39 Å². The van der Waals surface area contributed by atoms with Crippen LogP contribution in [0.4, 0.5) is 4.39 Å². The van der Waals surface area contributed by atoms with Crippen LogP contribution in [0.5, 0.6) is 0 Å². The number of hydrogen-bond acceptors (Lipinski definition) is 1. The van der Waals surface area contributed by atoms with Crippen LogP contribution in [0.15, 0.2) is 18.3 Å². The highest BCUT2D eigenvalue weighted by Gasteiger charge is 2.21. The van der Waals surface area contributed by atoms with E-state index in [0.717, 1.165) is 5.69 Å². The van der Waals surface area contributed by atoms with Crippen molar-refractivity contribution in [1.82, 2.24) is 9.55 Å². The van der Waals surface area contributed by atoms with E-state index in [9.17, 15) is 4.39 Å². The Bertz CT molecular complexity index is 660. The first kappa shape index (κ1) is 14.6. The number of aromatic nitrogens is 2. The van der Waals surface area contributed by atoms with Gasteiger partial charge >= 0.3 is 0 Å². The van der Waals surface area contributed by atoms with Crippen LogP contribution in [0.1, 0.15) is 26.5 Å². The van der Waals surface area contributed by atoms with Gasteiger partial charge in [-0.1, -0.05) is 44.0 Å². The molecule has 0 saturated heterocycles. The van der Waals surface area contributed by atoms with Crippen LogP contribution in [0, 0.1) is 10.6 Å². The molecule has 0 bridgehead atoms. The Kier molecular flexibility index (Phi) is 3.78. The van der Waals surface area contributed by atoms with Crippen molar-refractivity contribution in [2.75, 3.05) is 0 Å². The molecular weight excluding hydrogens is 306 g/mol. The Morgan fingerprint density at radius 2 is 1.74 bits per heavy atom. The number of imidazole rings is 1. The number of hydrogen-bond donors (Lipinski definition) is 1. The van der Waals surface area contributed by atoms with Gasteiger partial charge in [-0.15, -0.1) is 0 Å². The van der Waals surface area contributed by atoms with Crippen LogP contribution < -0.4 is 0 Å². The lowest BCUT2D eigenvalue weighted by molar-refractivity contribution is 0.555. The third-order valence-electron chi connectivity index (χ3n) is 2.77. The molecule has 102 valence electrons. The monoisotopic (exact) mass is 318 g/mol. The molecular formula is C13H13Cl2FN2S. The number of halogens is 3. The zero-order valence-electron chi connectivity index (χ0n) is 10.7. The van der Waals surface area contributed by atoms with E-state index in [1.165, 1.54) is 12.1 Å². The summed E-state index contributed by atoms with van der Waals surface area (Å²) in [4.78, 5) is 2.99. The van der Waals surface area contributed by atoms with Crippen molar-refractivity contribution in [2.24, 2.45) is 0 Å². The fraction of sp³-hybridized carbons (Fsp3) is 0.308. The van der Waals surface area contributed by atoms with Gasteiger partial charge in [-0.3, -0.25) is 4.57 Å². The summed E-state index contributed by atoms with van der Waals surface area (Å²) in [5.74, 6) is -0.619. The number of benzene rings is 1. The molecule has 0 unspecified atom stereocenters. The highest BCUT2D eigenvalue weighted by Crippen LogP contribution is 2.30. The predicted molar refractivity (Wildman–Crippen MR) is 79.6 cm³/mol. The number of aromatic amines is 1. The molecule has 1 aromatic heterocycles. The maximum absolute atomic E-state index is 13.5. The summed E-state index contributed by atoms with van der Waals surface area (Å²) < 4.78 is 15.8. The highest BCUT2D eigenvalue weighted by molar-refractivity contribution is 7.71. The van der Waals surface area contributed by atoms with Crippen LogP contribution in [0.2, 0.25) is 10.0 Å². The second kappa shape index (κ2) is 4.93. The summed E-state index contributed by atoms with van der Waals surface area (Å²) in [5, 5.41) is -0.0454. The summed E-state index contributed by atoms with van der Waals surface area (Å²) in [7, 11) is 0. The van der Waals surface area contributed by atoms with Crippen molar-refractivity contribution >= 4 is 35.4 Å².